The maximum atomic E-state index is 12.6. The molecule has 1 unspecified atom stereocenters. The molecule has 38 heavy (non-hydrogen) atoms. The Labute approximate surface area is 223 Å². The fraction of sp³-hybridized carbons (Fsp3) is 0.538. The van der Waals surface area contributed by atoms with E-state index in [9.17, 15) is 14.4 Å². The monoisotopic (exact) mass is 546 g/mol. The summed E-state index contributed by atoms with van der Waals surface area (Å²) in [5.74, 6) is -0.507. The number of aromatic amines is 1. The molecule has 0 radical (unpaired) electrons. The average Bonchev–Trinajstić information content (AvgIpc) is 3.27. The lowest BCUT2D eigenvalue weighted by molar-refractivity contribution is -0.0513. The largest absolute Gasteiger partial charge is 0.459 e. The van der Waals surface area contributed by atoms with Crippen molar-refractivity contribution in [3.05, 3.63) is 68.5 Å². The van der Waals surface area contributed by atoms with Crippen molar-refractivity contribution in [3.8, 4) is 6.07 Å². The predicted octanol–water partition coefficient (Wildman–Crippen LogP) is 3.65. The Morgan fingerprint density at radius 1 is 1.24 bits per heavy atom. The van der Waals surface area contributed by atoms with Crippen molar-refractivity contribution >= 4 is 14.5 Å². The maximum absolute atomic E-state index is 12.6. The van der Waals surface area contributed by atoms with Crippen LogP contribution in [0.5, 0.6) is 0 Å². The van der Waals surface area contributed by atoms with E-state index in [1.54, 1.807) is 37.3 Å². The summed E-state index contributed by atoms with van der Waals surface area (Å²) >= 11 is 0. The van der Waals surface area contributed by atoms with Crippen molar-refractivity contribution in [2.75, 3.05) is 13.2 Å². The molecular weight excluding hydrogens is 511 g/mol. The Kier molecular flexibility index (Phi) is 10.8. The Bertz CT molecular complexity index is 1220. The van der Waals surface area contributed by atoms with E-state index in [-0.39, 0.29) is 38.1 Å². The van der Waals surface area contributed by atoms with Crippen LogP contribution in [0.15, 0.2) is 46.1 Å². The molecule has 1 aromatic heterocycles. The van der Waals surface area contributed by atoms with Crippen LogP contribution in [0.25, 0.3) is 0 Å². The van der Waals surface area contributed by atoms with Crippen molar-refractivity contribution in [2.45, 2.75) is 78.0 Å². The lowest BCUT2D eigenvalue weighted by atomic mass is 10.2. The molecule has 0 amide bonds. The van der Waals surface area contributed by atoms with Gasteiger partial charge in [-0.15, -0.1) is 0 Å². The van der Waals surface area contributed by atoms with Gasteiger partial charge in [0.2, 0.25) is 0 Å². The summed E-state index contributed by atoms with van der Waals surface area (Å²) in [6.07, 6.45) is -0.162. The molecule has 0 aliphatic carbocycles. The highest BCUT2D eigenvalue weighted by Gasteiger charge is 2.42. The van der Waals surface area contributed by atoms with Gasteiger partial charge in [-0.25, -0.2) is 14.3 Å². The topological polar surface area (TPSA) is 136 Å². The number of hydrogen-bond acceptors (Lipinski definition) is 9. The highest BCUT2D eigenvalue weighted by atomic mass is 31.2. The van der Waals surface area contributed by atoms with Crippen LogP contribution in [0.4, 0.5) is 0 Å². The molecule has 1 aliphatic rings. The number of nitrogens with one attached hydrogen (secondary N) is 1. The smallest absolute Gasteiger partial charge is 0.338 e. The molecular formula is C26H35N4O7P. The van der Waals surface area contributed by atoms with E-state index in [0.29, 0.717) is 11.1 Å². The minimum Gasteiger partial charge on any atom is -0.459 e. The summed E-state index contributed by atoms with van der Waals surface area (Å²) in [7, 11) is -1.61. The van der Waals surface area contributed by atoms with Crippen LogP contribution in [0.2, 0.25) is 0 Å². The van der Waals surface area contributed by atoms with Gasteiger partial charge in [0, 0.05) is 30.3 Å². The number of benzene rings is 1. The molecule has 1 saturated heterocycles. The number of nitrogens with zero attached hydrogens (tertiary/aromatic N) is 3. The van der Waals surface area contributed by atoms with Gasteiger partial charge in [0.1, 0.15) is 18.9 Å². The molecule has 1 aromatic carbocycles. The summed E-state index contributed by atoms with van der Waals surface area (Å²) in [4.78, 5) is 39.4. The highest BCUT2D eigenvalue weighted by molar-refractivity contribution is 7.44. The van der Waals surface area contributed by atoms with Gasteiger partial charge < -0.3 is 18.5 Å². The number of rotatable bonds is 12. The predicted molar refractivity (Wildman–Crippen MR) is 141 cm³/mol. The summed E-state index contributed by atoms with van der Waals surface area (Å²) in [6.45, 7) is 9.80. The number of H-pyrrole nitrogens is 1. The van der Waals surface area contributed by atoms with E-state index in [0.717, 1.165) is 0 Å². The quantitative estimate of drug-likeness (QED) is 0.240. The van der Waals surface area contributed by atoms with Crippen molar-refractivity contribution in [1.29, 1.82) is 5.26 Å². The third-order valence-electron chi connectivity index (χ3n) is 5.91. The third-order valence-corrected chi connectivity index (χ3v) is 8.07. The molecule has 4 atom stereocenters. The second-order valence-electron chi connectivity index (χ2n) is 9.50. The van der Waals surface area contributed by atoms with Gasteiger partial charge >= 0.3 is 11.7 Å². The maximum Gasteiger partial charge on any atom is 0.338 e. The fourth-order valence-electron chi connectivity index (χ4n) is 4.16. The van der Waals surface area contributed by atoms with Gasteiger partial charge in [0.05, 0.1) is 30.8 Å². The van der Waals surface area contributed by atoms with E-state index in [1.165, 1.54) is 10.8 Å². The first kappa shape index (κ1) is 29.7. The second-order valence-corrected chi connectivity index (χ2v) is 10.9. The normalized spacial score (nSPS) is 20.1. The van der Waals surface area contributed by atoms with E-state index in [2.05, 4.69) is 15.7 Å². The van der Waals surface area contributed by atoms with Crippen molar-refractivity contribution in [1.82, 2.24) is 14.2 Å². The van der Waals surface area contributed by atoms with Gasteiger partial charge in [0.15, 0.2) is 0 Å². The van der Waals surface area contributed by atoms with Gasteiger partial charge in [0.25, 0.3) is 14.1 Å². The van der Waals surface area contributed by atoms with Crippen LogP contribution < -0.4 is 11.2 Å². The van der Waals surface area contributed by atoms with E-state index in [1.807, 2.05) is 27.7 Å². The van der Waals surface area contributed by atoms with Crippen LogP contribution >= 0.6 is 8.53 Å². The van der Waals surface area contributed by atoms with Crippen molar-refractivity contribution < 1.29 is 23.3 Å². The zero-order valence-corrected chi connectivity index (χ0v) is 23.2. The van der Waals surface area contributed by atoms with Crippen LogP contribution in [0, 0.1) is 18.3 Å². The van der Waals surface area contributed by atoms with Crippen LogP contribution in [-0.4, -0.2) is 57.7 Å². The molecule has 1 fully saturated rings. The lowest BCUT2D eigenvalue weighted by Crippen LogP contribution is -2.36. The van der Waals surface area contributed by atoms with E-state index >= 15 is 0 Å². The molecule has 2 aromatic rings. The second kappa shape index (κ2) is 13.8. The molecule has 12 heteroatoms. The van der Waals surface area contributed by atoms with Crippen LogP contribution in [0.1, 0.15) is 62.7 Å². The first-order valence-corrected chi connectivity index (χ1v) is 13.7. The minimum atomic E-state index is -1.61. The van der Waals surface area contributed by atoms with Crippen molar-refractivity contribution in [2.24, 2.45) is 0 Å². The lowest BCUT2D eigenvalue weighted by Gasteiger charge is -2.37. The average molecular weight is 547 g/mol. The van der Waals surface area contributed by atoms with E-state index < -0.39 is 44.2 Å². The molecule has 0 bridgehead atoms. The zero-order valence-electron chi connectivity index (χ0n) is 22.3. The molecule has 11 nitrogen and oxygen atoms in total. The van der Waals surface area contributed by atoms with Gasteiger partial charge in [-0.2, -0.15) is 5.26 Å². The Hall–Kier alpha value is -2.87. The van der Waals surface area contributed by atoms with Crippen molar-refractivity contribution in [3.63, 3.8) is 0 Å². The first-order chi connectivity index (χ1) is 18.1. The number of carbonyl (C=O) groups excluding carboxylic acids is 1. The number of hydrogen-bond donors (Lipinski definition) is 1. The molecule has 0 spiro atoms. The van der Waals surface area contributed by atoms with E-state index in [4.69, 9.17) is 23.8 Å². The Morgan fingerprint density at radius 2 is 1.92 bits per heavy atom. The number of aryl methyl sites for hydroxylation is 1. The summed E-state index contributed by atoms with van der Waals surface area (Å²) in [6, 6.07) is 10.8. The first-order valence-electron chi connectivity index (χ1n) is 12.6. The van der Waals surface area contributed by atoms with Crippen LogP contribution in [-0.2, 0) is 18.5 Å². The van der Waals surface area contributed by atoms with Gasteiger partial charge in [-0.3, -0.25) is 14.3 Å². The molecule has 0 saturated carbocycles. The number of ether oxygens (including phenoxy) is 2. The highest BCUT2D eigenvalue weighted by Crippen LogP contribution is 2.49. The minimum absolute atomic E-state index is 0.0835. The molecule has 1 N–H and O–H groups in total. The molecule has 2 heterocycles. The SMILES string of the molecule is Cc1cn([C@H]2C[C@@H](OP(OCCC#N)N(C(C)C)C(C)C)[C@@H](COC(=O)c3ccccc3)O2)c(=O)[nH]c1=O. The summed E-state index contributed by atoms with van der Waals surface area (Å²) in [5.41, 5.74) is -0.313. The number of carbonyl (C=O) groups is 1. The summed E-state index contributed by atoms with van der Waals surface area (Å²) in [5, 5.41) is 9.00. The zero-order chi connectivity index (χ0) is 27.8. The molecule has 1 aliphatic heterocycles. The van der Waals surface area contributed by atoms with Gasteiger partial charge in [-0.05, 0) is 46.8 Å². The number of aromatic nitrogens is 2. The van der Waals surface area contributed by atoms with Crippen LogP contribution in [0.3, 0.4) is 0 Å². The third kappa shape index (κ3) is 7.59. The fourth-order valence-corrected chi connectivity index (χ4v) is 5.92. The Balaban J connectivity index is 1.87. The standard InChI is InChI=1S/C26H35N4O7P/c1-17(2)30(18(3)4)38(35-13-9-12-27)37-21-14-23(29-15-19(5)24(31)28-26(29)33)36-22(21)16-34-25(32)20-10-7-6-8-11-20/h6-8,10-11,15,17-18,21-23H,9,13-14,16H2,1-5H3,(H,28,31,33)/t21-,22-,23-,38?/m1/s1. The number of nitriles is 1. The van der Waals surface area contributed by atoms with Gasteiger partial charge in [-0.1, -0.05) is 18.2 Å². The molecule has 3 rings (SSSR count). The molecule has 206 valence electrons. The number of esters is 1. The summed E-state index contributed by atoms with van der Waals surface area (Å²) < 4.78 is 27.7. The Morgan fingerprint density at radius 3 is 2.55 bits per heavy atom.